The van der Waals surface area contributed by atoms with Crippen molar-refractivity contribution in [2.24, 2.45) is 0 Å². The topological polar surface area (TPSA) is 43.0 Å². The summed E-state index contributed by atoms with van der Waals surface area (Å²) in [6.07, 6.45) is 2.22. The lowest BCUT2D eigenvalue weighted by molar-refractivity contribution is 0.171. The lowest BCUT2D eigenvalue weighted by Gasteiger charge is -2.29. The van der Waals surface area contributed by atoms with Crippen molar-refractivity contribution < 1.29 is 14.2 Å². The minimum absolute atomic E-state index is 0.275. The highest BCUT2D eigenvalue weighted by Crippen LogP contribution is 2.38. The van der Waals surface area contributed by atoms with Crippen LogP contribution in [0.2, 0.25) is 0 Å². The van der Waals surface area contributed by atoms with E-state index in [1.54, 1.807) is 7.11 Å². The van der Waals surface area contributed by atoms with E-state index in [0.717, 1.165) is 41.7 Å². The summed E-state index contributed by atoms with van der Waals surface area (Å²) >= 11 is 5.69. The SMILES string of the molecule is COc1ccc(CNC(=S)N2CCC[C@H]2c2ccc3c(c2)OCCO3)cc1. The number of benzene rings is 2. The summed E-state index contributed by atoms with van der Waals surface area (Å²) in [5, 5.41) is 4.20. The summed E-state index contributed by atoms with van der Waals surface area (Å²) < 4.78 is 16.6. The first-order valence-electron chi connectivity index (χ1n) is 9.31. The second kappa shape index (κ2) is 8.05. The molecule has 1 fully saturated rings. The molecule has 1 saturated heterocycles. The van der Waals surface area contributed by atoms with E-state index in [0.29, 0.717) is 19.8 Å². The number of hydrogen-bond acceptors (Lipinski definition) is 4. The molecule has 2 aromatic rings. The standard InChI is InChI=1S/C21H24N2O3S/c1-24-17-7-4-15(5-8-17)14-22-21(27)23-10-2-3-18(23)16-6-9-19-20(13-16)26-12-11-25-19/h4-9,13,18H,2-3,10-12,14H2,1H3,(H,22,27)/t18-/m0/s1. The van der Waals surface area contributed by atoms with Crippen LogP contribution in [-0.4, -0.2) is 36.9 Å². The summed E-state index contributed by atoms with van der Waals surface area (Å²) in [4.78, 5) is 2.28. The van der Waals surface area contributed by atoms with Gasteiger partial charge in [-0.1, -0.05) is 18.2 Å². The molecule has 2 heterocycles. The van der Waals surface area contributed by atoms with Gasteiger partial charge in [0.15, 0.2) is 16.6 Å². The molecule has 0 radical (unpaired) electrons. The minimum atomic E-state index is 0.275. The molecule has 27 heavy (non-hydrogen) atoms. The molecule has 5 nitrogen and oxygen atoms in total. The predicted molar refractivity (Wildman–Crippen MR) is 109 cm³/mol. The average Bonchev–Trinajstić information content (AvgIpc) is 3.22. The number of nitrogens with one attached hydrogen (secondary N) is 1. The van der Waals surface area contributed by atoms with Crippen LogP contribution >= 0.6 is 12.2 Å². The molecular weight excluding hydrogens is 360 g/mol. The number of fused-ring (bicyclic) bond motifs is 1. The Kier molecular flexibility index (Phi) is 5.34. The summed E-state index contributed by atoms with van der Waals surface area (Å²) in [6, 6.07) is 14.5. The van der Waals surface area contributed by atoms with Crippen molar-refractivity contribution in [1.82, 2.24) is 10.2 Å². The van der Waals surface area contributed by atoms with Crippen LogP contribution in [0.4, 0.5) is 0 Å². The maximum atomic E-state index is 5.74. The van der Waals surface area contributed by atoms with Crippen LogP contribution in [0.15, 0.2) is 42.5 Å². The summed E-state index contributed by atoms with van der Waals surface area (Å²) in [6.45, 7) is 2.88. The van der Waals surface area contributed by atoms with E-state index in [4.69, 9.17) is 26.4 Å². The van der Waals surface area contributed by atoms with E-state index in [1.165, 1.54) is 11.1 Å². The Balaban J connectivity index is 1.42. The molecule has 2 aromatic carbocycles. The zero-order chi connectivity index (χ0) is 18.6. The van der Waals surface area contributed by atoms with Gasteiger partial charge in [0.1, 0.15) is 19.0 Å². The Bertz CT molecular complexity index is 810. The van der Waals surface area contributed by atoms with E-state index < -0.39 is 0 Å². The Hall–Kier alpha value is -2.47. The molecule has 0 amide bonds. The Morgan fingerprint density at radius 1 is 1.15 bits per heavy atom. The van der Waals surface area contributed by atoms with Crippen molar-refractivity contribution in [2.75, 3.05) is 26.9 Å². The van der Waals surface area contributed by atoms with Crippen LogP contribution < -0.4 is 19.5 Å². The summed E-state index contributed by atoms with van der Waals surface area (Å²) in [5.41, 5.74) is 2.40. The maximum Gasteiger partial charge on any atom is 0.169 e. The van der Waals surface area contributed by atoms with Gasteiger partial charge < -0.3 is 24.4 Å². The highest BCUT2D eigenvalue weighted by atomic mass is 32.1. The number of ether oxygens (including phenoxy) is 3. The minimum Gasteiger partial charge on any atom is -0.497 e. The van der Waals surface area contributed by atoms with Gasteiger partial charge in [-0.2, -0.15) is 0 Å². The first-order chi connectivity index (χ1) is 13.2. The van der Waals surface area contributed by atoms with Crippen LogP contribution in [0.25, 0.3) is 0 Å². The molecular formula is C21H24N2O3S. The number of methoxy groups -OCH3 is 1. The molecule has 0 saturated carbocycles. The van der Waals surface area contributed by atoms with Crippen molar-refractivity contribution in [3.8, 4) is 17.2 Å². The third-order valence-electron chi connectivity index (χ3n) is 5.07. The zero-order valence-electron chi connectivity index (χ0n) is 15.4. The van der Waals surface area contributed by atoms with E-state index in [9.17, 15) is 0 Å². The fourth-order valence-electron chi connectivity index (χ4n) is 3.65. The molecule has 1 atom stereocenters. The number of nitrogens with zero attached hydrogens (tertiary/aromatic N) is 1. The van der Waals surface area contributed by atoms with Gasteiger partial charge in [-0.15, -0.1) is 0 Å². The smallest absolute Gasteiger partial charge is 0.169 e. The second-order valence-corrected chi connectivity index (χ2v) is 7.15. The quantitative estimate of drug-likeness (QED) is 0.812. The van der Waals surface area contributed by atoms with Crippen LogP contribution in [0.1, 0.15) is 30.0 Å². The van der Waals surface area contributed by atoms with Gasteiger partial charge in [0.05, 0.1) is 13.2 Å². The monoisotopic (exact) mass is 384 g/mol. The van der Waals surface area contributed by atoms with Crippen molar-refractivity contribution in [3.63, 3.8) is 0 Å². The van der Waals surface area contributed by atoms with Crippen LogP contribution in [0.3, 0.4) is 0 Å². The molecule has 0 spiro atoms. The van der Waals surface area contributed by atoms with Gasteiger partial charge in [0, 0.05) is 13.1 Å². The number of likely N-dealkylation sites (tertiary alicyclic amines) is 1. The van der Waals surface area contributed by atoms with Crippen LogP contribution in [0.5, 0.6) is 17.2 Å². The second-order valence-electron chi connectivity index (χ2n) is 6.76. The Morgan fingerprint density at radius 2 is 1.93 bits per heavy atom. The van der Waals surface area contributed by atoms with E-state index in [2.05, 4.69) is 34.5 Å². The lowest BCUT2D eigenvalue weighted by atomic mass is 10.0. The molecule has 2 aliphatic heterocycles. The Morgan fingerprint density at radius 3 is 2.70 bits per heavy atom. The third-order valence-corrected chi connectivity index (χ3v) is 5.45. The molecule has 6 heteroatoms. The van der Waals surface area contributed by atoms with E-state index in [-0.39, 0.29) is 6.04 Å². The number of thiocarbonyl (C=S) groups is 1. The fraction of sp³-hybridized carbons (Fsp3) is 0.381. The highest BCUT2D eigenvalue weighted by Gasteiger charge is 2.29. The molecule has 1 N–H and O–H groups in total. The summed E-state index contributed by atoms with van der Waals surface area (Å²) in [7, 11) is 1.67. The van der Waals surface area contributed by atoms with E-state index >= 15 is 0 Å². The molecule has 4 rings (SSSR count). The highest BCUT2D eigenvalue weighted by molar-refractivity contribution is 7.80. The fourth-order valence-corrected chi connectivity index (χ4v) is 3.94. The molecule has 0 aromatic heterocycles. The van der Waals surface area contributed by atoms with Crippen LogP contribution in [-0.2, 0) is 6.54 Å². The van der Waals surface area contributed by atoms with Gasteiger partial charge in [0.25, 0.3) is 0 Å². The van der Waals surface area contributed by atoms with Crippen molar-refractivity contribution in [1.29, 1.82) is 0 Å². The van der Waals surface area contributed by atoms with Crippen molar-refractivity contribution in [2.45, 2.75) is 25.4 Å². The number of rotatable bonds is 4. The van der Waals surface area contributed by atoms with Crippen molar-refractivity contribution in [3.05, 3.63) is 53.6 Å². The van der Waals surface area contributed by atoms with Gasteiger partial charge in [-0.25, -0.2) is 0 Å². The largest absolute Gasteiger partial charge is 0.497 e. The van der Waals surface area contributed by atoms with Gasteiger partial charge in [-0.05, 0) is 60.5 Å². The first kappa shape index (κ1) is 17.9. The van der Waals surface area contributed by atoms with Crippen LogP contribution in [0, 0.1) is 0 Å². The molecule has 142 valence electrons. The van der Waals surface area contributed by atoms with E-state index in [1.807, 2.05) is 18.2 Å². The molecule has 0 unspecified atom stereocenters. The third kappa shape index (κ3) is 3.95. The Labute approximate surface area is 165 Å². The zero-order valence-corrected chi connectivity index (χ0v) is 16.3. The number of hydrogen-bond donors (Lipinski definition) is 1. The van der Waals surface area contributed by atoms with Gasteiger partial charge in [-0.3, -0.25) is 0 Å². The first-order valence-corrected chi connectivity index (χ1v) is 9.72. The van der Waals surface area contributed by atoms with Crippen molar-refractivity contribution >= 4 is 17.3 Å². The normalized spacial score (nSPS) is 18.3. The molecule has 2 aliphatic rings. The van der Waals surface area contributed by atoms with Gasteiger partial charge in [0.2, 0.25) is 0 Å². The summed E-state index contributed by atoms with van der Waals surface area (Å²) in [5.74, 6) is 2.53. The average molecular weight is 385 g/mol. The molecule has 0 aliphatic carbocycles. The molecule has 0 bridgehead atoms. The maximum absolute atomic E-state index is 5.74. The predicted octanol–water partition coefficient (Wildman–Crippen LogP) is 3.68. The van der Waals surface area contributed by atoms with Gasteiger partial charge >= 0.3 is 0 Å². The lowest BCUT2D eigenvalue weighted by Crippen LogP contribution is -2.38.